The van der Waals surface area contributed by atoms with E-state index in [4.69, 9.17) is 0 Å². The average molecular weight is 354 g/mol. The third kappa shape index (κ3) is 5.15. The predicted molar refractivity (Wildman–Crippen MR) is 102 cm³/mol. The number of halogens is 1. The van der Waals surface area contributed by atoms with Crippen molar-refractivity contribution in [1.29, 1.82) is 0 Å². The van der Waals surface area contributed by atoms with Crippen LogP contribution in [0.15, 0.2) is 54.6 Å². The molecule has 138 valence electrons. The van der Waals surface area contributed by atoms with E-state index in [1.807, 2.05) is 12.1 Å². The van der Waals surface area contributed by atoms with Crippen molar-refractivity contribution in [2.45, 2.75) is 38.3 Å². The molecule has 1 aliphatic heterocycles. The van der Waals surface area contributed by atoms with Gasteiger partial charge >= 0.3 is 0 Å². The summed E-state index contributed by atoms with van der Waals surface area (Å²) < 4.78 is 13.3. The Morgan fingerprint density at radius 1 is 1.15 bits per heavy atom. The van der Waals surface area contributed by atoms with E-state index < -0.39 is 0 Å². The number of rotatable bonds is 7. The molecule has 2 aromatic rings. The lowest BCUT2D eigenvalue weighted by Crippen LogP contribution is -2.40. The van der Waals surface area contributed by atoms with Crippen LogP contribution in [0.2, 0.25) is 0 Å². The molecule has 1 heterocycles. The van der Waals surface area contributed by atoms with Crippen molar-refractivity contribution in [2.75, 3.05) is 20.1 Å². The lowest BCUT2D eigenvalue weighted by Gasteiger charge is -2.26. The van der Waals surface area contributed by atoms with Crippen LogP contribution in [0.4, 0.5) is 4.39 Å². The normalized spacial score (nSPS) is 17.4. The number of carbonyl (C=O) groups is 1. The topological polar surface area (TPSA) is 23.6 Å². The molecule has 2 aromatic carbocycles. The second kappa shape index (κ2) is 8.95. The zero-order valence-corrected chi connectivity index (χ0v) is 15.4. The average Bonchev–Trinajstić information content (AvgIpc) is 3.08. The summed E-state index contributed by atoms with van der Waals surface area (Å²) in [6.07, 6.45) is 4.45. The van der Waals surface area contributed by atoms with Crippen molar-refractivity contribution in [1.82, 2.24) is 9.80 Å². The second-order valence-electron chi connectivity index (χ2n) is 7.17. The molecule has 1 amide bonds. The SMILES string of the molecule is CN(Cc1cccc(F)c1)C(=O)CN1CCC[C@@H]1CCc1ccccc1. The first-order valence-electron chi connectivity index (χ1n) is 9.38. The number of aryl methyl sites for hydroxylation is 1. The Hall–Kier alpha value is -2.20. The van der Waals surface area contributed by atoms with E-state index in [9.17, 15) is 9.18 Å². The maximum absolute atomic E-state index is 13.3. The van der Waals surface area contributed by atoms with Crippen molar-refractivity contribution < 1.29 is 9.18 Å². The highest BCUT2D eigenvalue weighted by atomic mass is 19.1. The first-order valence-corrected chi connectivity index (χ1v) is 9.38. The Kier molecular flexibility index (Phi) is 6.40. The van der Waals surface area contributed by atoms with Gasteiger partial charge in [0.05, 0.1) is 6.54 Å². The molecule has 3 nitrogen and oxygen atoms in total. The van der Waals surface area contributed by atoms with Gasteiger partial charge in [-0.1, -0.05) is 42.5 Å². The van der Waals surface area contributed by atoms with Crippen molar-refractivity contribution in [3.05, 3.63) is 71.5 Å². The summed E-state index contributed by atoms with van der Waals surface area (Å²) in [6, 6.07) is 17.4. The molecular formula is C22H27FN2O. The molecule has 0 N–H and O–H groups in total. The molecule has 4 heteroatoms. The second-order valence-corrected chi connectivity index (χ2v) is 7.17. The Labute approximate surface area is 155 Å². The summed E-state index contributed by atoms with van der Waals surface area (Å²) in [7, 11) is 1.79. The third-order valence-electron chi connectivity index (χ3n) is 5.18. The van der Waals surface area contributed by atoms with Crippen LogP contribution in [0, 0.1) is 5.82 Å². The maximum Gasteiger partial charge on any atom is 0.236 e. The van der Waals surface area contributed by atoms with Crippen LogP contribution in [0.25, 0.3) is 0 Å². The molecule has 0 radical (unpaired) electrons. The van der Waals surface area contributed by atoms with E-state index in [0.717, 1.165) is 37.8 Å². The number of nitrogens with zero attached hydrogens (tertiary/aromatic N) is 2. The summed E-state index contributed by atoms with van der Waals surface area (Å²) in [5, 5.41) is 0. The molecule has 1 fully saturated rings. The largest absolute Gasteiger partial charge is 0.340 e. The summed E-state index contributed by atoms with van der Waals surface area (Å²) in [4.78, 5) is 16.6. The number of amides is 1. The zero-order valence-electron chi connectivity index (χ0n) is 15.4. The van der Waals surface area contributed by atoms with E-state index in [-0.39, 0.29) is 11.7 Å². The number of carbonyl (C=O) groups excluding carboxylic acids is 1. The van der Waals surface area contributed by atoms with Gasteiger partial charge in [-0.15, -0.1) is 0 Å². The lowest BCUT2D eigenvalue weighted by atomic mass is 10.0. The quantitative estimate of drug-likeness (QED) is 0.753. The van der Waals surface area contributed by atoms with Gasteiger partial charge in [-0.05, 0) is 55.5 Å². The van der Waals surface area contributed by atoms with Crippen LogP contribution in [0.5, 0.6) is 0 Å². The first-order chi connectivity index (χ1) is 12.6. The van der Waals surface area contributed by atoms with E-state index in [2.05, 4.69) is 29.2 Å². The third-order valence-corrected chi connectivity index (χ3v) is 5.18. The molecule has 0 aliphatic carbocycles. The fourth-order valence-corrected chi connectivity index (χ4v) is 3.70. The van der Waals surface area contributed by atoms with E-state index in [0.29, 0.717) is 19.1 Å². The van der Waals surface area contributed by atoms with Gasteiger partial charge < -0.3 is 4.90 Å². The monoisotopic (exact) mass is 354 g/mol. The summed E-state index contributed by atoms with van der Waals surface area (Å²) in [6.45, 7) is 1.88. The van der Waals surface area contributed by atoms with Gasteiger partial charge in [0.15, 0.2) is 0 Å². The molecule has 26 heavy (non-hydrogen) atoms. The van der Waals surface area contributed by atoms with Crippen LogP contribution in [-0.2, 0) is 17.8 Å². The number of likely N-dealkylation sites (tertiary alicyclic amines) is 1. The Balaban J connectivity index is 1.50. The molecule has 0 unspecified atom stereocenters. The molecule has 0 aromatic heterocycles. The number of likely N-dealkylation sites (N-methyl/N-ethyl adjacent to an activating group) is 1. The number of hydrogen-bond donors (Lipinski definition) is 0. The van der Waals surface area contributed by atoms with Gasteiger partial charge in [-0.2, -0.15) is 0 Å². The van der Waals surface area contributed by atoms with Crippen LogP contribution in [0.3, 0.4) is 0 Å². The van der Waals surface area contributed by atoms with E-state index in [1.165, 1.54) is 17.7 Å². The van der Waals surface area contributed by atoms with Gasteiger partial charge in [-0.3, -0.25) is 9.69 Å². The maximum atomic E-state index is 13.3. The molecule has 3 rings (SSSR count). The molecule has 0 spiro atoms. The Morgan fingerprint density at radius 2 is 1.92 bits per heavy atom. The van der Waals surface area contributed by atoms with E-state index >= 15 is 0 Å². The Morgan fingerprint density at radius 3 is 2.69 bits per heavy atom. The Bertz CT molecular complexity index is 719. The van der Waals surface area contributed by atoms with Crippen molar-refractivity contribution in [2.24, 2.45) is 0 Å². The minimum atomic E-state index is -0.260. The summed E-state index contributed by atoms with van der Waals surface area (Å²) in [5.41, 5.74) is 2.18. The molecule has 0 bridgehead atoms. The highest BCUT2D eigenvalue weighted by Crippen LogP contribution is 2.22. The molecule has 1 aliphatic rings. The van der Waals surface area contributed by atoms with Crippen LogP contribution in [0.1, 0.15) is 30.4 Å². The van der Waals surface area contributed by atoms with Crippen LogP contribution < -0.4 is 0 Å². The van der Waals surface area contributed by atoms with Gasteiger partial charge in [0.25, 0.3) is 0 Å². The van der Waals surface area contributed by atoms with Gasteiger partial charge in [0, 0.05) is 19.6 Å². The van der Waals surface area contributed by atoms with E-state index in [1.54, 1.807) is 18.0 Å². The van der Waals surface area contributed by atoms with Crippen LogP contribution in [-0.4, -0.2) is 41.9 Å². The molecule has 1 saturated heterocycles. The summed E-state index contributed by atoms with van der Waals surface area (Å²) in [5.74, 6) is -0.162. The van der Waals surface area contributed by atoms with Gasteiger partial charge in [0.2, 0.25) is 5.91 Å². The molecule has 1 atom stereocenters. The van der Waals surface area contributed by atoms with Crippen molar-refractivity contribution in [3.8, 4) is 0 Å². The first kappa shape index (κ1) is 18.6. The number of benzene rings is 2. The van der Waals surface area contributed by atoms with Crippen LogP contribution >= 0.6 is 0 Å². The van der Waals surface area contributed by atoms with Gasteiger partial charge in [0.1, 0.15) is 5.82 Å². The standard InChI is InChI=1S/C22H27FN2O/c1-24(16-19-9-5-10-20(23)15-19)22(26)17-25-14-6-11-21(25)13-12-18-7-3-2-4-8-18/h2-5,7-10,15,21H,6,11-14,16-17H2,1H3/t21-/m1/s1. The smallest absolute Gasteiger partial charge is 0.236 e. The molecule has 0 saturated carbocycles. The highest BCUT2D eigenvalue weighted by Gasteiger charge is 2.26. The minimum absolute atomic E-state index is 0.0980. The van der Waals surface area contributed by atoms with Gasteiger partial charge in [-0.25, -0.2) is 4.39 Å². The lowest BCUT2D eigenvalue weighted by molar-refractivity contribution is -0.131. The summed E-state index contributed by atoms with van der Waals surface area (Å²) >= 11 is 0. The van der Waals surface area contributed by atoms with Crippen molar-refractivity contribution >= 4 is 5.91 Å². The fourth-order valence-electron chi connectivity index (χ4n) is 3.70. The fraction of sp³-hybridized carbons (Fsp3) is 0.409. The van der Waals surface area contributed by atoms with Crippen molar-refractivity contribution in [3.63, 3.8) is 0 Å². The predicted octanol–water partition coefficient (Wildman–Crippen LogP) is 3.88. The zero-order chi connectivity index (χ0) is 18.4. The number of hydrogen-bond acceptors (Lipinski definition) is 2. The minimum Gasteiger partial charge on any atom is -0.340 e. The molecular weight excluding hydrogens is 327 g/mol. The highest BCUT2D eigenvalue weighted by molar-refractivity contribution is 5.78.